The molecule has 0 saturated carbocycles. The predicted octanol–water partition coefficient (Wildman–Crippen LogP) is 3.37. The number of sulfonamides is 2. The standard InChI is InChI=1S/C12H16ClFINO4S2/c1-3-7-21(17,18)16(22(19,20)8-4-2)10-6-5-9(14)12(15)11(10)13/h5-6H,3-4,7-8H2,1-2H3. The third-order valence-electron chi connectivity index (χ3n) is 2.64. The quantitative estimate of drug-likeness (QED) is 0.440. The zero-order valence-corrected chi connectivity index (χ0v) is 16.6. The van der Waals surface area contributed by atoms with Gasteiger partial charge in [0.25, 0.3) is 0 Å². The maximum atomic E-state index is 13.5. The van der Waals surface area contributed by atoms with E-state index in [1.54, 1.807) is 36.4 Å². The van der Waals surface area contributed by atoms with Crippen molar-refractivity contribution in [2.45, 2.75) is 26.7 Å². The Balaban J connectivity index is 3.64. The highest BCUT2D eigenvalue weighted by Crippen LogP contribution is 2.35. The molecule has 0 unspecified atom stereocenters. The van der Waals surface area contributed by atoms with E-state index in [0.717, 1.165) is 12.1 Å². The summed E-state index contributed by atoms with van der Waals surface area (Å²) in [6.07, 6.45) is 0.493. The number of benzene rings is 1. The summed E-state index contributed by atoms with van der Waals surface area (Å²) in [7, 11) is -8.24. The highest BCUT2D eigenvalue weighted by atomic mass is 127. The van der Waals surface area contributed by atoms with Crippen LogP contribution in [0.3, 0.4) is 0 Å². The molecular weight excluding hydrogens is 468 g/mol. The van der Waals surface area contributed by atoms with Crippen molar-refractivity contribution in [1.29, 1.82) is 0 Å². The van der Waals surface area contributed by atoms with Gasteiger partial charge < -0.3 is 0 Å². The van der Waals surface area contributed by atoms with Crippen LogP contribution >= 0.6 is 34.2 Å². The Hall–Kier alpha value is -0.130. The fraction of sp³-hybridized carbons (Fsp3) is 0.500. The van der Waals surface area contributed by atoms with Crippen molar-refractivity contribution in [3.63, 3.8) is 0 Å². The Bertz CT molecular complexity index is 717. The zero-order chi connectivity index (χ0) is 17.1. The van der Waals surface area contributed by atoms with E-state index in [9.17, 15) is 21.2 Å². The van der Waals surface area contributed by atoms with Crippen molar-refractivity contribution in [2.24, 2.45) is 0 Å². The molecule has 0 aliphatic rings. The molecule has 22 heavy (non-hydrogen) atoms. The summed E-state index contributed by atoms with van der Waals surface area (Å²) >= 11 is 7.59. The van der Waals surface area contributed by atoms with Gasteiger partial charge in [-0.05, 0) is 47.6 Å². The minimum Gasteiger partial charge on any atom is -0.206 e. The van der Waals surface area contributed by atoms with Gasteiger partial charge in [-0.15, -0.1) is 0 Å². The minimum atomic E-state index is -4.12. The summed E-state index contributed by atoms with van der Waals surface area (Å²) in [4.78, 5) is 0. The summed E-state index contributed by atoms with van der Waals surface area (Å²) in [5.41, 5.74) is -0.241. The Morgan fingerprint density at radius 2 is 1.55 bits per heavy atom. The molecule has 0 amide bonds. The lowest BCUT2D eigenvalue weighted by Gasteiger charge is -2.25. The highest BCUT2D eigenvalue weighted by molar-refractivity contribution is 14.1. The van der Waals surface area contributed by atoms with Gasteiger partial charge in [0.2, 0.25) is 20.0 Å². The molecule has 1 rings (SSSR count). The van der Waals surface area contributed by atoms with Gasteiger partial charge in [-0.1, -0.05) is 25.4 Å². The lowest BCUT2D eigenvalue weighted by Crippen LogP contribution is -2.40. The molecule has 10 heteroatoms. The van der Waals surface area contributed by atoms with Crippen molar-refractivity contribution >= 4 is 59.9 Å². The summed E-state index contributed by atoms with van der Waals surface area (Å²) in [5.74, 6) is -1.34. The maximum Gasteiger partial charge on any atom is 0.248 e. The first-order chi connectivity index (χ1) is 10.1. The first-order valence-corrected chi connectivity index (χ1v) is 11.1. The van der Waals surface area contributed by atoms with Gasteiger partial charge in [-0.3, -0.25) is 0 Å². The lowest BCUT2D eigenvalue weighted by molar-refractivity contribution is 0.582. The second-order valence-corrected chi connectivity index (χ2v) is 10.1. The van der Waals surface area contributed by atoms with Crippen LogP contribution in [0.5, 0.6) is 0 Å². The molecule has 0 atom stereocenters. The van der Waals surface area contributed by atoms with Gasteiger partial charge in [-0.25, -0.2) is 21.2 Å². The van der Waals surface area contributed by atoms with E-state index in [0.29, 0.717) is 3.71 Å². The molecule has 1 aromatic rings. The van der Waals surface area contributed by atoms with Crippen molar-refractivity contribution in [3.8, 4) is 0 Å². The lowest BCUT2D eigenvalue weighted by atomic mass is 10.3. The van der Waals surface area contributed by atoms with Crippen LogP contribution in [0.25, 0.3) is 0 Å². The molecule has 0 radical (unpaired) electrons. The van der Waals surface area contributed by atoms with Crippen LogP contribution in [-0.4, -0.2) is 28.3 Å². The van der Waals surface area contributed by atoms with Gasteiger partial charge in [0, 0.05) is 0 Å². The topological polar surface area (TPSA) is 71.5 Å². The second kappa shape index (κ2) is 7.63. The van der Waals surface area contributed by atoms with Gasteiger partial charge in [0.15, 0.2) is 0 Å². The third-order valence-corrected chi connectivity index (χ3v) is 9.01. The molecular formula is C12H16ClFINO4S2. The molecule has 0 N–H and O–H groups in total. The van der Waals surface area contributed by atoms with E-state index in [1.165, 1.54) is 0 Å². The number of hydrogen-bond donors (Lipinski definition) is 0. The highest BCUT2D eigenvalue weighted by Gasteiger charge is 2.35. The van der Waals surface area contributed by atoms with Gasteiger partial charge >= 0.3 is 0 Å². The van der Waals surface area contributed by atoms with Gasteiger partial charge in [0.05, 0.1) is 25.8 Å². The number of halogens is 3. The Kier molecular flexibility index (Phi) is 6.90. The Morgan fingerprint density at radius 3 is 1.95 bits per heavy atom. The fourth-order valence-corrected chi connectivity index (χ4v) is 6.70. The van der Waals surface area contributed by atoms with E-state index < -0.39 is 25.9 Å². The predicted molar refractivity (Wildman–Crippen MR) is 94.8 cm³/mol. The average Bonchev–Trinajstić information content (AvgIpc) is 2.38. The van der Waals surface area contributed by atoms with Crippen LogP contribution in [0.1, 0.15) is 26.7 Å². The SMILES string of the molecule is CCCS(=O)(=O)N(c1ccc(F)c(I)c1Cl)S(=O)(=O)CCC. The van der Waals surface area contributed by atoms with E-state index >= 15 is 0 Å². The Labute approximate surface area is 149 Å². The number of anilines is 1. The van der Waals surface area contributed by atoms with Crippen LogP contribution in [0.4, 0.5) is 10.1 Å². The van der Waals surface area contributed by atoms with E-state index in [4.69, 9.17) is 11.6 Å². The molecule has 0 aliphatic carbocycles. The van der Waals surface area contributed by atoms with Crippen LogP contribution in [-0.2, 0) is 20.0 Å². The van der Waals surface area contributed by atoms with E-state index in [2.05, 4.69) is 0 Å². The largest absolute Gasteiger partial charge is 0.248 e. The zero-order valence-electron chi connectivity index (χ0n) is 12.0. The van der Waals surface area contributed by atoms with Crippen LogP contribution in [0.15, 0.2) is 12.1 Å². The van der Waals surface area contributed by atoms with Gasteiger partial charge in [0.1, 0.15) is 5.82 Å². The van der Waals surface area contributed by atoms with Crippen molar-refractivity contribution < 1.29 is 21.2 Å². The molecule has 0 spiro atoms. The number of nitrogens with zero attached hydrogens (tertiary/aromatic N) is 1. The second-order valence-electron chi connectivity index (χ2n) is 4.52. The molecule has 0 bridgehead atoms. The van der Waals surface area contributed by atoms with Crippen LogP contribution in [0.2, 0.25) is 5.02 Å². The molecule has 126 valence electrons. The van der Waals surface area contributed by atoms with Crippen molar-refractivity contribution in [2.75, 3.05) is 15.2 Å². The smallest absolute Gasteiger partial charge is 0.206 e. The molecule has 0 heterocycles. The molecule has 0 aliphatic heterocycles. The maximum absolute atomic E-state index is 13.5. The summed E-state index contributed by atoms with van der Waals surface area (Å²) in [5, 5.41) is -0.236. The monoisotopic (exact) mass is 483 g/mol. The minimum absolute atomic E-state index is 0.0276. The normalized spacial score (nSPS) is 12.4. The summed E-state index contributed by atoms with van der Waals surface area (Å²) < 4.78 is 63.4. The average molecular weight is 484 g/mol. The van der Waals surface area contributed by atoms with Crippen LogP contribution < -0.4 is 3.71 Å². The first-order valence-electron chi connectivity index (χ1n) is 6.47. The van der Waals surface area contributed by atoms with Crippen molar-refractivity contribution in [3.05, 3.63) is 26.5 Å². The molecule has 5 nitrogen and oxygen atoms in total. The number of hydrogen-bond acceptors (Lipinski definition) is 4. The first kappa shape index (κ1) is 19.9. The third kappa shape index (κ3) is 4.24. The summed E-state index contributed by atoms with van der Waals surface area (Å²) in [6.45, 7) is 3.25. The van der Waals surface area contributed by atoms with Crippen LogP contribution in [0, 0.1) is 9.39 Å². The number of rotatable bonds is 7. The fourth-order valence-electron chi connectivity index (χ4n) is 1.81. The Morgan fingerprint density at radius 1 is 1.09 bits per heavy atom. The van der Waals surface area contributed by atoms with E-state index in [-0.39, 0.29) is 38.6 Å². The molecule has 0 saturated heterocycles. The van der Waals surface area contributed by atoms with Crippen molar-refractivity contribution in [1.82, 2.24) is 0 Å². The molecule has 0 aromatic heterocycles. The van der Waals surface area contributed by atoms with Gasteiger partial charge in [-0.2, -0.15) is 3.71 Å². The molecule has 1 aromatic carbocycles. The van der Waals surface area contributed by atoms with E-state index in [1.807, 2.05) is 0 Å². The summed E-state index contributed by atoms with van der Waals surface area (Å²) in [6, 6.07) is 2.07. The molecule has 0 fully saturated rings.